The van der Waals surface area contributed by atoms with Gasteiger partial charge in [-0.05, 0) is 5.92 Å². The first-order valence-electron chi connectivity index (χ1n) is 5.38. The van der Waals surface area contributed by atoms with Crippen molar-refractivity contribution in [1.82, 2.24) is 14.9 Å². The predicted octanol–water partition coefficient (Wildman–Crippen LogP) is 0.904. The van der Waals surface area contributed by atoms with Gasteiger partial charge in [0, 0.05) is 20.0 Å². The SMILES string of the molecule is CC(C)Cc1nc2c(n1C)CNCC2=O. The molecule has 0 aliphatic carbocycles. The quantitative estimate of drug-likeness (QED) is 0.784. The highest BCUT2D eigenvalue weighted by atomic mass is 16.1. The van der Waals surface area contributed by atoms with Gasteiger partial charge < -0.3 is 9.88 Å². The number of rotatable bonds is 2. The summed E-state index contributed by atoms with van der Waals surface area (Å²) < 4.78 is 2.05. The van der Waals surface area contributed by atoms with Crippen molar-refractivity contribution in [2.24, 2.45) is 13.0 Å². The summed E-state index contributed by atoms with van der Waals surface area (Å²) in [4.78, 5) is 16.0. The van der Waals surface area contributed by atoms with Crippen molar-refractivity contribution >= 4 is 5.78 Å². The molecule has 4 nitrogen and oxygen atoms in total. The number of hydrogen-bond donors (Lipinski definition) is 1. The van der Waals surface area contributed by atoms with Gasteiger partial charge >= 0.3 is 0 Å². The maximum atomic E-state index is 11.6. The third-order valence-corrected chi connectivity index (χ3v) is 2.74. The molecule has 0 amide bonds. The van der Waals surface area contributed by atoms with Gasteiger partial charge in [0.2, 0.25) is 0 Å². The van der Waals surface area contributed by atoms with Crippen LogP contribution in [0.15, 0.2) is 0 Å². The summed E-state index contributed by atoms with van der Waals surface area (Å²) in [5, 5.41) is 3.09. The van der Waals surface area contributed by atoms with Crippen LogP contribution in [0.5, 0.6) is 0 Å². The molecule has 2 rings (SSSR count). The Morgan fingerprint density at radius 1 is 1.47 bits per heavy atom. The largest absolute Gasteiger partial charge is 0.333 e. The van der Waals surface area contributed by atoms with Crippen molar-refractivity contribution < 1.29 is 4.79 Å². The third kappa shape index (κ3) is 1.81. The molecule has 0 radical (unpaired) electrons. The van der Waals surface area contributed by atoms with Crippen LogP contribution in [0.4, 0.5) is 0 Å². The number of hydrogen-bond acceptors (Lipinski definition) is 3. The van der Waals surface area contributed by atoms with Crippen LogP contribution in [-0.4, -0.2) is 21.9 Å². The van der Waals surface area contributed by atoms with Crippen molar-refractivity contribution in [2.45, 2.75) is 26.8 Å². The number of nitrogens with zero attached hydrogens (tertiary/aromatic N) is 2. The molecule has 4 heteroatoms. The van der Waals surface area contributed by atoms with Gasteiger partial charge in [-0.2, -0.15) is 0 Å². The third-order valence-electron chi connectivity index (χ3n) is 2.74. The number of fused-ring (bicyclic) bond motifs is 1. The minimum absolute atomic E-state index is 0.113. The van der Waals surface area contributed by atoms with Gasteiger partial charge in [-0.3, -0.25) is 4.79 Å². The molecule has 1 aromatic heterocycles. The molecule has 0 aromatic carbocycles. The van der Waals surface area contributed by atoms with Crippen molar-refractivity contribution in [3.63, 3.8) is 0 Å². The zero-order valence-corrected chi connectivity index (χ0v) is 9.50. The highest BCUT2D eigenvalue weighted by molar-refractivity contribution is 5.97. The van der Waals surface area contributed by atoms with E-state index < -0.39 is 0 Å². The number of aromatic nitrogens is 2. The van der Waals surface area contributed by atoms with E-state index in [-0.39, 0.29) is 5.78 Å². The van der Waals surface area contributed by atoms with E-state index in [4.69, 9.17) is 0 Å². The molecule has 0 saturated heterocycles. The first-order chi connectivity index (χ1) is 7.09. The normalized spacial score (nSPS) is 15.9. The van der Waals surface area contributed by atoms with E-state index in [1.54, 1.807) is 0 Å². The molecule has 0 atom stereocenters. The molecule has 0 bridgehead atoms. The van der Waals surface area contributed by atoms with Gasteiger partial charge in [-0.1, -0.05) is 13.8 Å². The highest BCUT2D eigenvalue weighted by Gasteiger charge is 2.23. The van der Waals surface area contributed by atoms with Crippen molar-refractivity contribution in [3.8, 4) is 0 Å². The van der Waals surface area contributed by atoms with E-state index in [1.807, 2.05) is 7.05 Å². The van der Waals surface area contributed by atoms with Gasteiger partial charge in [-0.15, -0.1) is 0 Å². The van der Waals surface area contributed by atoms with E-state index in [0.717, 1.165) is 24.5 Å². The second kappa shape index (κ2) is 3.77. The summed E-state index contributed by atoms with van der Waals surface area (Å²) >= 11 is 0. The monoisotopic (exact) mass is 207 g/mol. The lowest BCUT2D eigenvalue weighted by atomic mass is 10.1. The molecule has 2 heterocycles. The average molecular weight is 207 g/mol. The van der Waals surface area contributed by atoms with Crippen molar-refractivity contribution in [2.75, 3.05) is 6.54 Å². The molecule has 0 unspecified atom stereocenters. The average Bonchev–Trinajstić information content (AvgIpc) is 2.46. The van der Waals surface area contributed by atoms with Gasteiger partial charge in [0.1, 0.15) is 11.5 Å². The first-order valence-corrected chi connectivity index (χ1v) is 5.38. The Morgan fingerprint density at radius 2 is 2.20 bits per heavy atom. The summed E-state index contributed by atoms with van der Waals surface area (Å²) in [6.45, 7) is 5.50. The Balaban J connectivity index is 2.39. The number of ketones is 1. The maximum absolute atomic E-state index is 11.6. The molecule has 1 aromatic rings. The van der Waals surface area contributed by atoms with Crippen LogP contribution < -0.4 is 5.32 Å². The summed E-state index contributed by atoms with van der Waals surface area (Å²) in [7, 11) is 1.99. The van der Waals surface area contributed by atoms with Crippen LogP contribution in [0.1, 0.15) is 35.9 Å². The Bertz CT molecular complexity index is 393. The van der Waals surface area contributed by atoms with Gasteiger partial charge in [0.25, 0.3) is 0 Å². The van der Waals surface area contributed by atoms with Crippen LogP contribution in [0, 0.1) is 5.92 Å². The van der Waals surface area contributed by atoms with E-state index in [0.29, 0.717) is 18.2 Å². The number of Topliss-reactive ketones (excluding diaryl/α,β-unsaturated/α-hetero) is 1. The zero-order chi connectivity index (χ0) is 11.0. The van der Waals surface area contributed by atoms with Gasteiger partial charge in [0.05, 0.1) is 12.2 Å². The fourth-order valence-electron chi connectivity index (χ4n) is 1.93. The van der Waals surface area contributed by atoms with Crippen molar-refractivity contribution in [3.05, 3.63) is 17.2 Å². The molecule has 0 saturated carbocycles. The number of carbonyl (C=O) groups excluding carboxylic acids is 1. The van der Waals surface area contributed by atoms with Crippen LogP contribution in [0.25, 0.3) is 0 Å². The van der Waals surface area contributed by atoms with Crippen LogP contribution in [-0.2, 0) is 20.0 Å². The van der Waals surface area contributed by atoms with E-state index >= 15 is 0 Å². The minimum atomic E-state index is 0.113. The lowest BCUT2D eigenvalue weighted by Gasteiger charge is -2.12. The van der Waals surface area contributed by atoms with Gasteiger partial charge in [-0.25, -0.2) is 4.98 Å². The Labute approximate surface area is 89.7 Å². The first kappa shape index (κ1) is 10.4. The van der Waals surface area contributed by atoms with Crippen molar-refractivity contribution in [1.29, 1.82) is 0 Å². The highest BCUT2D eigenvalue weighted by Crippen LogP contribution is 2.16. The molecular formula is C11H17N3O. The number of carbonyl (C=O) groups is 1. The Hall–Kier alpha value is -1.16. The predicted molar refractivity (Wildman–Crippen MR) is 57.8 cm³/mol. The van der Waals surface area contributed by atoms with E-state index in [1.165, 1.54) is 0 Å². The molecule has 1 aliphatic rings. The minimum Gasteiger partial charge on any atom is -0.333 e. The second-order valence-electron chi connectivity index (χ2n) is 4.51. The molecule has 15 heavy (non-hydrogen) atoms. The zero-order valence-electron chi connectivity index (χ0n) is 9.50. The maximum Gasteiger partial charge on any atom is 0.196 e. The van der Waals surface area contributed by atoms with Gasteiger partial charge in [0.15, 0.2) is 5.78 Å². The smallest absolute Gasteiger partial charge is 0.196 e. The fourth-order valence-corrected chi connectivity index (χ4v) is 1.93. The molecule has 82 valence electrons. The lowest BCUT2D eigenvalue weighted by Crippen LogP contribution is -2.30. The van der Waals surface area contributed by atoms with E-state index in [2.05, 4.69) is 28.7 Å². The summed E-state index contributed by atoms with van der Waals surface area (Å²) in [5.74, 6) is 1.70. The number of imidazole rings is 1. The molecule has 0 spiro atoms. The van der Waals surface area contributed by atoms with Crippen LogP contribution in [0.3, 0.4) is 0 Å². The molecular weight excluding hydrogens is 190 g/mol. The second-order valence-corrected chi connectivity index (χ2v) is 4.51. The summed E-state index contributed by atoms with van der Waals surface area (Å²) in [6.07, 6.45) is 0.927. The molecule has 1 N–H and O–H groups in total. The fraction of sp³-hybridized carbons (Fsp3) is 0.636. The van der Waals surface area contributed by atoms with Crippen LogP contribution in [0.2, 0.25) is 0 Å². The Kier molecular flexibility index (Phi) is 2.61. The lowest BCUT2D eigenvalue weighted by molar-refractivity contribution is 0.0977. The summed E-state index contributed by atoms with van der Waals surface area (Å²) in [5.41, 5.74) is 1.70. The van der Waals surface area contributed by atoms with Crippen LogP contribution >= 0.6 is 0 Å². The topological polar surface area (TPSA) is 46.9 Å². The standard InChI is InChI=1S/C11H17N3O/c1-7(2)4-10-13-11-8(14(10)3)5-12-6-9(11)15/h7,12H,4-6H2,1-3H3. The summed E-state index contributed by atoms with van der Waals surface area (Å²) in [6, 6.07) is 0. The molecule has 0 fully saturated rings. The molecule has 1 aliphatic heterocycles. The number of nitrogens with one attached hydrogen (secondary N) is 1. The Morgan fingerprint density at radius 3 is 2.80 bits per heavy atom. The van der Waals surface area contributed by atoms with E-state index in [9.17, 15) is 4.79 Å².